The molecule has 0 saturated carbocycles. The van der Waals surface area contributed by atoms with Gasteiger partial charge in [-0.25, -0.2) is 0 Å². The molecule has 2 fully saturated rings. The summed E-state index contributed by atoms with van der Waals surface area (Å²) in [5.41, 5.74) is 11.1. The second kappa shape index (κ2) is 4.73. The molecule has 2 heterocycles. The predicted octanol–water partition coefficient (Wildman–Crippen LogP) is -1.57. The molecule has 0 amide bonds. The molecule has 1 spiro atoms. The first-order valence-corrected chi connectivity index (χ1v) is 5.19. The Bertz CT molecular complexity index is 192. The molecule has 4 N–H and O–H groups in total. The normalized spacial score (nSPS) is 35.6. The van der Waals surface area contributed by atoms with E-state index in [4.69, 9.17) is 30.4 Å². The fraction of sp³-hybridized carbons (Fsp3) is 1.00. The quantitative estimate of drug-likeness (QED) is 0.582. The van der Waals surface area contributed by atoms with Crippen molar-refractivity contribution in [2.45, 2.75) is 18.0 Å². The third-order valence-corrected chi connectivity index (χ3v) is 2.54. The van der Waals surface area contributed by atoms with Gasteiger partial charge in [0, 0.05) is 13.1 Å². The Balaban J connectivity index is 1.98. The molecule has 2 atom stereocenters. The van der Waals surface area contributed by atoms with Gasteiger partial charge in [-0.2, -0.15) is 0 Å². The summed E-state index contributed by atoms with van der Waals surface area (Å²) in [5.74, 6) is -0.801. The van der Waals surface area contributed by atoms with Crippen LogP contribution in [0.4, 0.5) is 0 Å². The molecular formula is C9H18N2O4. The molecule has 0 bridgehead atoms. The van der Waals surface area contributed by atoms with Crippen LogP contribution < -0.4 is 11.5 Å². The van der Waals surface area contributed by atoms with Crippen LogP contribution in [0.3, 0.4) is 0 Å². The maximum Gasteiger partial charge on any atom is 0.216 e. The second-order valence-corrected chi connectivity index (χ2v) is 3.89. The van der Waals surface area contributed by atoms with Gasteiger partial charge >= 0.3 is 0 Å². The Morgan fingerprint density at radius 1 is 0.933 bits per heavy atom. The van der Waals surface area contributed by atoms with Gasteiger partial charge < -0.3 is 30.4 Å². The Kier molecular flexibility index (Phi) is 3.55. The lowest BCUT2D eigenvalue weighted by Crippen LogP contribution is -2.59. The summed E-state index contributed by atoms with van der Waals surface area (Å²) in [4.78, 5) is 0. The molecule has 88 valence electrons. The highest BCUT2D eigenvalue weighted by Crippen LogP contribution is 2.26. The fourth-order valence-electron chi connectivity index (χ4n) is 1.81. The van der Waals surface area contributed by atoms with Gasteiger partial charge in [-0.3, -0.25) is 0 Å². The molecule has 15 heavy (non-hydrogen) atoms. The average Bonchev–Trinajstić information content (AvgIpc) is 2.29. The molecule has 0 aliphatic carbocycles. The van der Waals surface area contributed by atoms with E-state index in [0.717, 1.165) is 0 Å². The maximum absolute atomic E-state index is 5.74. The summed E-state index contributed by atoms with van der Waals surface area (Å²) in [6, 6.07) is 0. The molecule has 0 aromatic heterocycles. The standard InChI is InChI=1S/C9H18N2O4/c10-1-7-3-12-5-9(14-7)6-13-4-8(2-11)15-9/h7-8H,1-6,10-11H2/t7-,8-,9?/m1/s1. The second-order valence-electron chi connectivity index (χ2n) is 3.89. The van der Waals surface area contributed by atoms with Crippen LogP contribution in [0.1, 0.15) is 0 Å². The van der Waals surface area contributed by atoms with Crippen molar-refractivity contribution in [1.82, 2.24) is 0 Å². The molecule has 0 radical (unpaired) electrons. The maximum atomic E-state index is 5.74. The highest BCUT2D eigenvalue weighted by Gasteiger charge is 2.43. The number of hydrogen-bond donors (Lipinski definition) is 2. The van der Waals surface area contributed by atoms with E-state index in [1.165, 1.54) is 0 Å². The third kappa shape index (κ3) is 2.47. The molecule has 6 heteroatoms. The highest BCUT2D eigenvalue weighted by molar-refractivity contribution is 4.82. The van der Waals surface area contributed by atoms with Crippen molar-refractivity contribution in [3.8, 4) is 0 Å². The minimum Gasteiger partial charge on any atom is -0.373 e. The predicted molar refractivity (Wildman–Crippen MR) is 52.2 cm³/mol. The summed E-state index contributed by atoms with van der Waals surface area (Å²) in [6.45, 7) is 2.60. The van der Waals surface area contributed by atoms with Crippen LogP contribution in [-0.2, 0) is 18.9 Å². The largest absolute Gasteiger partial charge is 0.373 e. The minimum absolute atomic E-state index is 0.126. The summed E-state index contributed by atoms with van der Waals surface area (Å²) >= 11 is 0. The molecule has 2 rings (SSSR count). The Morgan fingerprint density at radius 2 is 1.40 bits per heavy atom. The first kappa shape index (κ1) is 11.3. The van der Waals surface area contributed by atoms with Gasteiger partial charge in [0.1, 0.15) is 13.2 Å². The Labute approximate surface area is 88.8 Å². The van der Waals surface area contributed by atoms with Crippen LogP contribution in [0.25, 0.3) is 0 Å². The lowest BCUT2D eigenvalue weighted by atomic mass is 10.2. The smallest absolute Gasteiger partial charge is 0.216 e. The van der Waals surface area contributed by atoms with Crippen LogP contribution in [-0.4, -0.2) is 57.5 Å². The SMILES string of the molecule is NC[C@@H]1COCC2(COC[C@@H](CN)O2)O1. The van der Waals surface area contributed by atoms with Crippen LogP contribution in [0.15, 0.2) is 0 Å². The first-order chi connectivity index (χ1) is 7.28. The van der Waals surface area contributed by atoms with Crippen molar-refractivity contribution in [2.24, 2.45) is 11.5 Å². The molecule has 0 unspecified atom stereocenters. The van der Waals surface area contributed by atoms with Crippen molar-refractivity contribution in [2.75, 3.05) is 39.5 Å². The molecular weight excluding hydrogens is 200 g/mol. The highest BCUT2D eigenvalue weighted by atomic mass is 16.8. The van der Waals surface area contributed by atoms with Crippen molar-refractivity contribution in [3.05, 3.63) is 0 Å². The average molecular weight is 218 g/mol. The van der Waals surface area contributed by atoms with Crippen LogP contribution >= 0.6 is 0 Å². The van der Waals surface area contributed by atoms with E-state index in [9.17, 15) is 0 Å². The number of rotatable bonds is 2. The third-order valence-electron chi connectivity index (χ3n) is 2.54. The summed E-state index contributed by atoms with van der Waals surface area (Å²) in [7, 11) is 0. The molecule has 2 saturated heterocycles. The van der Waals surface area contributed by atoms with Gasteiger partial charge in [-0.1, -0.05) is 0 Å². The zero-order chi connectivity index (χ0) is 10.7. The summed E-state index contributed by atoms with van der Waals surface area (Å²) in [6.07, 6.45) is -0.252. The molecule has 0 aromatic carbocycles. The molecule has 2 aliphatic rings. The zero-order valence-corrected chi connectivity index (χ0v) is 8.69. The zero-order valence-electron chi connectivity index (χ0n) is 8.69. The summed E-state index contributed by atoms with van der Waals surface area (Å²) < 4.78 is 22.3. The van der Waals surface area contributed by atoms with Gasteiger partial charge in [0.25, 0.3) is 0 Å². The van der Waals surface area contributed by atoms with E-state index < -0.39 is 5.79 Å². The van der Waals surface area contributed by atoms with Gasteiger partial charge in [0.15, 0.2) is 0 Å². The van der Waals surface area contributed by atoms with Gasteiger partial charge in [0.05, 0.1) is 25.4 Å². The van der Waals surface area contributed by atoms with Gasteiger partial charge in [-0.05, 0) is 0 Å². The number of nitrogens with two attached hydrogens (primary N) is 2. The lowest BCUT2D eigenvalue weighted by Gasteiger charge is -2.44. The van der Waals surface area contributed by atoms with E-state index in [-0.39, 0.29) is 12.2 Å². The molecule has 2 aliphatic heterocycles. The number of ether oxygens (including phenoxy) is 4. The Hall–Kier alpha value is -0.240. The number of hydrogen-bond acceptors (Lipinski definition) is 6. The van der Waals surface area contributed by atoms with Crippen molar-refractivity contribution < 1.29 is 18.9 Å². The fourth-order valence-corrected chi connectivity index (χ4v) is 1.81. The van der Waals surface area contributed by atoms with Gasteiger partial charge in [0.2, 0.25) is 5.79 Å². The monoisotopic (exact) mass is 218 g/mol. The van der Waals surface area contributed by atoms with Crippen molar-refractivity contribution in [3.63, 3.8) is 0 Å². The van der Waals surface area contributed by atoms with E-state index in [1.54, 1.807) is 0 Å². The van der Waals surface area contributed by atoms with E-state index in [2.05, 4.69) is 0 Å². The van der Waals surface area contributed by atoms with Crippen LogP contribution in [0.5, 0.6) is 0 Å². The van der Waals surface area contributed by atoms with Crippen molar-refractivity contribution >= 4 is 0 Å². The van der Waals surface area contributed by atoms with Crippen molar-refractivity contribution in [1.29, 1.82) is 0 Å². The summed E-state index contributed by atoms with van der Waals surface area (Å²) in [5, 5.41) is 0. The van der Waals surface area contributed by atoms with Gasteiger partial charge in [-0.15, -0.1) is 0 Å². The molecule has 6 nitrogen and oxygen atoms in total. The van der Waals surface area contributed by atoms with E-state index in [1.807, 2.05) is 0 Å². The van der Waals surface area contributed by atoms with Crippen LogP contribution in [0, 0.1) is 0 Å². The van der Waals surface area contributed by atoms with E-state index >= 15 is 0 Å². The van der Waals surface area contributed by atoms with Crippen LogP contribution in [0.2, 0.25) is 0 Å². The lowest BCUT2D eigenvalue weighted by molar-refractivity contribution is -0.367. The first-order valence-electron chi connectivity index (χ1n) is 5.19. The Morgan fingerprint density at radius 3 is 1.80 bits per heavy atom. The topological polar surface area (TPSA) is 89.0 Å². The molecule has 0 aromatic rings. The van der Waals surface area contributed by atoms with E-state index in [0.29, 0.717) is 39.5 Å². The minimum atomic E-state index is -0.801.